The largest absolute Gasteiger partial charge is 0.350 e. The first-order valence-corrected chi connectivity index (χ1v) is 13.6. The number of benzene rings is 3. The number of aryl methyl sites for hydroxylation is 2. The summed E-state index contributed by atoms with van der Waals surface area (Å²) in [5.74, 6) is 0.910. The zero-order chi connectivity index (χ0) is 26.1. The molecule has 36 heavy (non-hydrogen) atoms. The fourth-order valence-electron chi connectivity index (χ4n) is 4.00. The van der Waals surface area contributed by atoms with Crippen LogP contribution >= 0.6 is 11.8 Å². The summed E-state index contributed by atoms with van der Waals surface area (Å²) in [4.78, 5) is 29.1. The molecule has 1 N–H and O–H groups in total. The van der Waals surface area contributed by atoms with Gasteiger partial charge >= 0.3 is 0 Å². The lowest BCUT2D eigenvalue weighted by Crippen LogP contribution is -2.54. The van der Waals surface area contributed by atoms with Gasteiger partial charge in [-0.1, -0.05) is 84.4 Å². The second-order valence-corrected chi connectivity index (χ2v) is 11.4. The van der Waals surface area contributed by atoms with Crippen LogP contribution in [-0.2, 0) is 28.3 Å². The number of nitrogens with zero attached hydrogens (tertiary/aromatic N) is 1. The molecular weight excluding hydrogens is 464 g/mol. The van der Waals surface area contributed by atoms with Crippen LogP contribution < -0.4 is 5.32 Å². The Morgan fingerprint density at radius 2 is 1.50 bits per heavy atom. The third-order valence-electron chi connectivity index (χ3n) is 5.99. The molecule has 0 saturated heterocycles. The van der Waals surface area contributed by atoms with Gasteiger partial charge in [0.05, 0.1) is 5.75 Å². The maximum atomic E-state index is 13.7. The highest BCUT2D eigenvalue weighted by atomic mass is 32.2. The molecule has 4 nitrogen and oxygen atoms in total. The second-order valence-electron chi connectivity index (χ2n) is 10.4. The average molecular weight is 503 g/mol. The summed E-state index contributed by atoms with van der Waals surface area (Å²) in [6.07, 6.45) is 0.461. The van der Waals surface area contributed by atoms with Crippen molar-refractivity contribution in [2.45, 2.75) is 64.9 Å². The van der Waals surface area contributed by atoms with Gasteiger partial charge in [0.2, 0.25) is 11.8 Å². The molecule has 2 amide bonds. The van der Waals surface area contributed by atoms with E-state index in [-0.39, 0.29) is 11.8 Å². The zero-order valence-corrected chi connectivity index (χ0v) is 22.9. The molecule has 0 bridgehead atoms. The highest BCUT2D eigenvalue weighted by Crippen LogP contribution is 2.20. The number of carbonyl (C=O) groups is 2. The molecule has 0 unspecified atom stereocenters. The highest BCUT2D eigenvalue weighted by molar-refractivity contribution is 7.99. The Hall–Kier alpha value is -3.05. The molecule has 5 heteroatoms. The van der Waals surface area contributed by atoms with Crippen molar-refractivity contribution in [3.8, 4) is 0 Å². The van der Waals surface area contributed by atoms with E-state index in [0.29, 0.717) is 18.7 Å². The Morgan fingerprint density at radius 3 is 2.14 bits per heavy atom. The lowest BCUT2D eigenvalue weighted by atomic mass is 10.00. The highest BCUT2D eigenvalue weighted by Gasteiger charge is 2.32. The van der Waals surface area contributed by atoms with Crippen molar-refractivity contribution in [1.29, 1.82) is 0 Å². The quantitative estimate of drug-likeness (QED) is 0.365. The normalized spacial score (nSPS) is 12.1. The van der Waals surface area contributed by atoms with Crippen molar-refractivity contribution in [3.63, 3.8) is 0 Å². The van der Waals surface area contributed by atoms with Gasteiger partial charge in [0.1, 0.15) is 6.04 Å². The minimum Gasteiger partial charge on any atom is -0.350 e. The third kappa shape index (κ3) is 8.56. The zero-order valence-electron chi connectivity index (χ0n) is 22.1. The molecule has 0 heterocycles. The van der Waals surface area contributed by atoms with Gasteiger partial charge in [0, 0.05) is 24.3 Å². The van der Waals surface area contributed by atoms with E-state index in [1.54, 1.807) is 16.7 Å². The summed E-state index contributed by atoms with van der Waals surface area (Å²) in [6.45, 7) is 10.4. The minimum atomic E-state index is -0.612. The average Bonchev–Trinajstić information content (AvgIpc) is 2.83. The monoisotopic (exact) mass is 502 g/mol. The van der Waals surface area contributed by atoms with Crippen LogP contribution in [0.15, 0.2) is 78.9 Å². The van der Waals surface area contributed by atoms with Gasteiger partial charge in [-0.2, -0.15) is 0 Å². The van der Waals surface area contributed by atoms with E-state index in [4.69, 9.17) is 0 Å². The molecule has 3 aromatic carbocycles. The molecule has 0 radical (unpaired) electrons. The molecule has 0 fully saturated rings. The number of nitrogens with one attached hydrogen (secondary N) is 1. The fraction of sp³-hybridized carbons (Fsp3) is 0.355. The number of amides is 2. The Labute approximate surface area is 220 Å². The summed E-state index contributed by atoms with van der Waals surface area (Å²) in [6, 6.07) is 25.8. The van der Waals surface area contributed by atoms with Gasteiger partial charge in [-0.15, -0.1) is 11.8 Å². The van der Waals surface area contributed by atoms with Crippen molar-refractivity contribution in [2.24, 2.45) is 0 Å². The Kier molecular flexibility index (Phi) is 9.77. The smallest absolute Gasteiger partial charge is 0.243 e. The molecule has 0 saturated carbocycles. The minimum absolute atomic E-state index is 0.0274. The number of hydrogen-bond acceptors (Lipinski definition) is 3. The first-order valence-electron chi connectivity index (χ1n) is 12.5. The summed E-state index contributed by atoms with van der Waals surface area (Å²) in [7, 11) is 0. The Balaban J connectivity index is 1.87. The number of rotatable bonds is 10. The Bertz CT molecular complexity index is 1140. The first-order chi connectivity index (χ1) is 17.1. The molecule has 190 valence electrons. The molecule has 0 aliphatic carbocycles. The predicted molar refractivity (Wildman–Crippen MR) is 151 cm³/mol. The van der Waals surface area contributed by atoms with E-state index in [9.17, 15) is 9.59 Å². The van der Waals surface area contributed by atoms with Gasteiger partial charge in [-0.25, -0.2) is 0 Å². The van der Waals surface area contributed by atoms with Gasteiger partial charge in [-0.3, -0.25) is 9.59 Å². The molecule has 0 aliphatic rings. The molecule has 3 rings (SSSR count). The van der Waals surface area contributed by atoms with Crippen LogP contribution in [0.3, 0.4) is 0 Å². The van der Waals surface area contributed by atoms with Crippen molar-refractivity contribution in [3.05, 3.63) is 107 Å². The lowest BCUT2D eigenvalue weighted by molar-refractivity contribution is -0.140. The van der Waals surface area contributed by atoms with Crippen molar-refractivity contribution >= 4 is 23.6 Å². The van der Waals surface area contributed by atoms with Crippen LogP contribution in [0.5, 0.6) is 0 Å². The van der Waals surface area contributed by atoms with Crippen molar-refractivity contribution < 1.29 is 9.59 Å². The maximum absolute atomic E-state index is 13.7. The predicted octanol–water partition coefficient (Wildman–Crippen LogP) is 6.09. The molecule has 0 aromatic heterocycles. The summed E-state index contributed by atoms with van der Waals surface area (Å²) < 4.78 is 0. The molecule has 0 aliphatic heterocycles. The number of carbonyl (C=O) groups excluding carboxylic acids is 2. The van der Waals surface area contributed by atoms with E-state index in [1.807, 2.05) is 82.3 Å². The van der Waals surface area contributed by atoms with Crippen LogP contribution in [0.25, 0.3) is 0 Å². The van der Waals surface area contributed by atoms with E-state index < -0.39 is 11.6 Å². The van der Waals surface area contributed by atoms with Gasteiger partial charge in [0.25, 0.3) is 0 Å². The van der Waals surface area contributed by atoms with Gasteiger partial charge in [-0.05, 0) is 56.9 Å². The van der Waals surface area contributed by atoms with Crippen LogP contribution in [0.4, 0.5) is 0 Å². The van der Waals surface area contributed by atoms with Crippen LogP contribution in [-0.4, -0.2) is 34.0 Å². The molecular formula is C31H38N2O2S. The summed E-state index contributed by atoms with van der Waals surface area (Å²) >= 11 is 1.59. The van der Waals surface area contributed by atoms with E-state index >= 15 is 0 Å². The standard InChI is InChI=1S/C31H38N2O2S/c1-23-15-17-26(18-16-23)21-36-22-29(34)33(20-27-14-10-9-11-24(27)2)28(30(35)32-31(3,4)5)19-25-12-7-6-8-13-25/h6-18,28H,19-22H2,1-5H3,(H,32,35)/t28-/m1/s1. The number of thioether (sulfide) groups is 1. The van der Waals surface area contributed by atoms with E-state index in [2.05, 4.69) is 36.5 Å². The SMILES string of the molecule is Cc1ccc(CSCC(=O)N(Cc2ccccc2C)[C@H](Cc2ccccc2)C(=O)NC(C)(C)C)cc1. The fourth-order valence-corrected chi connectivity index (χ4v) is 4.87. The topological polar surface area (TPSA) is 49.4 Å². The van der Waals surface area contributed by atoms with Crippen molar-refractivity contribution in [1.82, 2.24) is 10.2 Å². The van der Waals surface area contributed by atoms with Crippen LogP contribution in [0.1, 0.15) is 48.6 Å². The van der Waals surface area contributed by atoms with Gasteiger partial charge in [0.15, 0.2) is 0 Å². The summed E-state index contributed by atoms with van der Waals surface area (Å²) in [5, 5.41) is 3.12. The third-order valence-corrected chi connectivity index (χ3v) is 6.97. The molecule has 1 atom stereocenters. The van der Waals surface area contributed by atoms with Crippen LogP contribution in [0, 0.1) is 13.8 Å². The van der Waals surface area contributed by atoms with Crippen molar-refractivity contribution in [2.75, 3.05) is 5.75 Å². The molecule has 0 spiro atoms. The van der Waals surface area contributed by atoms with Crippen LogP contribution in [0.2, 0.25) is 0 Å². The second kappa shape index (κ2) is 12.8. The molecule has 3 aromatic rings. The van der Waals surface area contributed by atoms with E-state index in [0.717, 1.165) is 22.4 Å². The number of hydrogen-bond donors (Lipinski definition) is 1. The summed E-state index contributed by atoms with van der Waals surface area (Å²) in [5.41, 5.74) is 5.20. The maximum Gasteiger partial charge on any atom is 0.243 e. The lowest BCUT2D eigenvalue weighted by Gasteiger charge is -2.34. The Morgan fingerprint density at radius 1 is 0.861 bits per heavy atom. The first kappa shape index (κ1) is 27.5. The van der Waals surface area contributed by atoms with E-state index in [1.165, 1.54) is 11.1 Å². The van der Waals surface area contributed by atoms with Gasteiger partial charge < -0.3 is 10.2 Å².